The molecule has 5 atom stereocenters. The Hall–Kier alpha value is 0.910. The maximum atomic E-state index is 11.3. The molecule has 1 fully saturated rings. The predicted molar refractivity (Wildman–Crippen MR) is 44.7 cm³/mol. The number of hydrogen-bond donors (Lipinski definition) is 5. The van der Waals surface area contributed by atoms with Crippen LogP contribution in [0.2, 0.25) is 0 Å². The van der Waals surface area contributed by atoms with Gasteiger partial charge in [0.05, 0.1) is 12.7 Å². The minimum atomic E-state index is -4.95. The third-order valence-electron chi connectivity index (χ3n) is 2.07. The fourth-order valence-corrected chi connectivity index (χ4v) is 1.72. The number of aliphatic hydroxyl groups excluding tert-OH is 3. The van der Waals surface area contributed by atoms with Gasteiger partial charge in [-0.25, -0.2) is 4.57 Å². The first-order valence-electron chi connectivity index (χ1n) is 4.28. The van der Waals surface area contributed by atoms with E-state index in [2.05, 4.69) is 9.26 Å². The van der Waals surface area contributed by atoms with Crippen LogP contribution in [0.4, 0.5) is 0 Å². The largest absolute Gasteiger partial charge is 1.00 e. The van der Waals surface area contributed by atoms with E-state index in [1.807, 2.05) is 0 Å². The van der Waals surface area contributed by atoms with E-state index in [1.165, 1.54) is 0 Å². The van der Waals surface area contributed by atoms with E-state index in [-0.39, 0.29) is 29.6 Å². The molecule has 0 spiro atoms. The van der Waals surface area contributed by atoms with Crippen LogP contribution in [0.1, 0.15) is 0 Å². The minimum Gasteiger partial charge on any atom is -0.846 e. The minimum absolute atomic E-state index is 0. The van der Waals surface area contributed by atoms with Crippen molar-refractivity contribution in [1.82, 2.24) is 0 Å². The molecule has 0 saturated carbocycles. The van der Waals surface area contributed by atoms with Gasteiger partial charge in [-0.15, -0.1) is 0 Å². The first-order chi connectivity index (χ1) is 7.26. The number of phosphoric acid groups is 1. The van der Waals surface area contributed by atoms with Crippen LogP contribution >= 0.6 is 7.82 Å². The van der Waals surface area contributed by atoms with Crippen molar-refractivity contribution in [2.45, 2.75) is 30.7 Å². The Morgan fingerprint density at radius 2 is 1.82 bits per heavy atom. The zero-order valence-corrected chi connectivity index (χ0v) is 11.8. The van der Waals surface area contributed by atoms with Gasteiger partial charge in [0.25, 0.3) is 0 Å². The molecule has 96 valence electrons. The normalized spacial score (nSPS) is 38.6. The summed E-state index contributed by atoms with van der Waals surface area (Å²) in [5, 5.41) is 38.5. The van der Waals surface area contributed by atoms with E-state index < -0.39 is 45.1 Å². The maximum absolute atomic E-state index is 11.3. The molecule has 1 aliphatic heterocycles. The molecule has 1 aliphatic rings. The van der Waals surface area contributed by atoms with Gasteiger partial charge in [-0.1, -0.05) is 0 Å². The molecule has 0 unspecified atom stereocenters. The molecule has 11 heteroatoms. The third kappa shape index (κ3) is 4.83. The van der Waals surface area contributed by atoms with Gasteiger partial charge < -0.3 is 34.9 Å². The number of aliphatic hydroxyl groups is 3. The molecule has 0 aromatic rings. The number of rotatable bonds is 3. The van der Waals surface area contributed by atoms with Crippen molar-refractivity contribution in [1.29, 1.82) is 0 Å². The summed E-state index contributed by atoms with van der Waals surface area (Å²) < 4.78 is 19.1. The second-order valence-corrected chi connectivity index (χ2v) is 4.46. The molecule has 0 aliphatic carbocycles. The van der Waals surface area contributed by atoms with Gasteiger partial charge in [0.2, 0.25) is 0 Å². The average Bonchev–Trinajstić information content (AvgIpc) is 2.17. The summed E-state index contributed by atoms with van der Waals surface area (Å²) in [7, 11) is -4.95. The Morgan fingerprint density at radius 1 is 1.29 bits per heavy atom. The Labute approximate surface area is 119 Å². The molecule has 1 rings (SSSR count). The molecule has 0 aromatic heterocycles. The van der Waals surface area contributed by atoms with Gasteiger partial charge in [0.15, 0.2) is 6.29 Å². The van der Waals surface area contributed by atoms with Crippen LogP contribution < -0.4 is 34.7 Å². The summed E-state index contributed by atoms with van der Waals surface area (Å²) in [4.78, 5) is 16.9. The topological polar surface area (TPSA) is 160 Å². The van der Waals surface area contributed by atoms with Gasteiger partial charge in [-0.05, 0) is 6.10 Å². The Morgan fingerprint density at radius 3 is 2.24 bits per heavy atom. The summed E-state index contributed by atoms with van der Waals surface area (Å²) in [5.41, 5.74) is 0. The van der Waals surface area contributed by atoms with E-state index in [0.29, 0.717) is 0 Å². The molecule has 0 aromatic carbocycles. The van der Waals surface area contributed by atoms with Crippen LogP contribution in [-0.4, -0.2) is 62.4 Å². The first-order valence-corrected chi connectivity index (χ1v) is 5.81. The standard InChI is InChI=1S/C6H12O9P.Na/c7-1-2-3(8)4(9)5(10)6(14-2)15-16(11,12)13;/h2-9H,1H2,(H2,11,12,13);/q-1;+1/t2-,3-,4+,5-,6+;/m1./s1. The van der Waals surface area contributed by atoms with E-state index in [1.54, 1.807) is 0 Å². The number of phosphoric ester groups is 1. The molecule has 0 bridgehead atoms. The zero-order valence-electron chi connectivity index (χ0n) is 8.91. The SMILES string of the molecule is O=P(O)(O)O[C@@H]1O[C@H](CO)[C@@H](O)[C@H](O)[C@H]1[O-].[Na+]. The summed E-state index contributed by atoms with van der Waals surface area (Å²) in [5.74, 6) is 0. The molecule has 1 heterocycles. The monoisotopic (exact) mass is 282 g/mol. The Bertz CT molecular complexity index is 281. The van der Waals surface area contributed by atoms with Crippen molar-refractivity contribution in [2.75, 3.05) is 6.61 Å². The zero-order chi connectivity index (χ0) is 12.5. The van der Waals surface area contributed by atoms with Crippen LogP contribution in [0.15, 0.2) is 0 Å². The maximum Gasteiger partial charge on any atom is 1.00 e. The van der Waals surface area contributed by atoms with Gasteiger partial charge in [-0.2, -0.15) is 0 Å². The van der Waals surface area contributed by atoms with Crippen LogP contribution in [0.5, 0.6) is 0 Å². The third-order valence-corrected chi connectivity index (χ3v) is 2.55. The Kier molecular flexibility index (Phi) is 7.27. The second-order valence-electron chi connectivity index (χ2n) is 3.27. The first kappa shape index (κ1) is 17.9. The van der Waals surface area contributed by atoms with Crippen molar-refractivity contribution < 1.29 is 73.6 Å². The van der Waals surface area contributed by atoms with Crippen molar-refractivity contribution >= 4 is 7.82 Å². The van der Waals surface area contributed by atoms with Crippen molar-refractivity contribution in [2.24, 2.45) is 0 Å². The van der Waals surface area contributed by atoms with E-state index in [4.69, 9.17) is 14.9 Å². The van der Waals surface area contributed by atoms with Crippen LogP contribution in [-0.2, 0) is 13.8 Å². The quantitative estimate of drug-likeness (QED) is 0.250. The second kappa shape index (κ2) is 6.90. The van der Waals surface area contributed by atoms with Crippen molar-refractivity contribution in [3.8, 4) is 0 Å². The summed E-state index contributed by atoms with van der Waals surface area (Å²) in [6, 6.07) is 0. The van der Waals surface area contributed by atoms with Gasteiger partial charge >= 0.3 is 37.4 Å². The summed E-state index contributed by atoms with van der Waals surface area (Å²) >= 11 is 0. The number of hydrogen-bond acceptors (Lipinski definition) is 7. The molecule has 1 saturated heterocycles. The molecule has 5 N–H and O–H groups in total. The molecule has 0 radical (unpaired) electrons. The van der Waals surface area contributed by atoms with Crippen molar-refractivity contribution in [3.05, 3.63) is 0 Å². The van der Waals surface area contributed by atoms with Gasteiger partial charge in [0.1, 0.15) is 12.2 Å². The predicted octanol–water partition coefficient (Wildman–Crippen LogP) is -6.73. The molecule has 9 nitrogen and oxygen atoms in total. The van der Waals surface area contributed by atoms with Crippen LogP contribution in [0.3, 0.4) is 0 Å². The molecular formula is C6H12NaO9P. The van der Waals surface area contributed by atoms with E-state index in [0.717, 1.165) is 0 Å². The van der Waals surface area contributed by atoms with Gasteiger partial charge in [-0.3, -0.25) is 4.52 Å². The summed E-state index contributed by atoms with van der Waals surface area (Å²) in [6.45, 7) is -0.730. The smallest absolute Gasteiger partial charge is 0.846 e. The molecule has 17 heavy (non-hydrogen) atoms. The van der Waals surface area contributed by atoms with Gasteiger partial charge in [0, 0.05) is 0 Å². The Balaban J connectivity index is 0.00000256. The fourth-order valence-electron chi connectivity index (χ4n) is 1.28. The average molecular weight is 282 g/mol. The van der Waals surface area contributed by atoms with E-state index in [9.17, 15) is 19.9 Å². The van der Waals surface area contributed by atoms with E-state index >= 15 is 0 Å². The molecule has 0 amide bonds. The summed E-state index contributed by atoms with van der Waals surface area (Å²) in [6.07, 6.45) is -8.83. The number of ether oxygens (including phenoxy) is 1. The fraction of sp³-hybridized carbons (Fsp3) is 1.00. The van der Waals surface area contributed by atoms with Crippen LogP contribution in [0, 0.1) is 0 Å². The molecular weight excluding hydrogens is 270 g/mol. The van der Waals surface area contributed by atoms with Crippen LogP contribution in [0.25, 0.3) is 0 Å². The van der Waals surface area contributed by atoms with Crippen molar-refractivity contribution in [3.63, 3.8) is 0 Å².